The summed E-state index contributed by atoms with van der Waals surface area (Å²) >= 11 is 0. The molecule has 10 aromatic rings. The van der Waals surface area contributed by atoms with Crippen LogP contribution >= 0.6 is 0 Å². The Balaban J connectivity index is 1.07. The first-order valence-electron chi connectivity index (χ1n) is 24.7. The van der Waals surface area contributed by atoms with Gasteiger partial charge < -0.3 is 14.7 Å². The van der Waals surface area contributed by atoms with E-state index in [1.165, 1.54) is 123 Å². The number of hydrogen-bond donors (Lipinski definition) is 0. The molecule has 0 aromatic heterocycles. The third-order valence-electron chi connectivity index (χ3n) is 15.7. The van der Waals surface area contributed by atoms with Crippen molar-refractivity contribution in [2.75, 3.05) is 14.7 Å². The summed E-state index contributed by atoms with van der Waals surface area (Å²) in [7, 11) is 0. The van der Waals surface area contributed by atoms with Gasteiger partial charge in [-0.05, 0) is 197 Å². The lowest BCUT2D eigenvalue weighted by molar-refractivity contribution is 0.794. The smallest absolute Gasteiger partial charge is 0.252 e. The molecule has 0 fully saturated rings. The van der Waals surface area contributed by atoms with Crippen LogP contribution in [0.25, 0.3) is 22.3 Å². The predicted molar refractivity (Wildman–Crippen MR) is 295 cm³/mol. The Labute approximate surface area is 411 Å². The largest absolute Gasteiger partial charge is 0.311 e. The number of aryl methyl sites for hydroxylation is 5. The number of hydrogen-bond acceptors (Lipinski definition) is 3. The third kappa shape index (κ3) is 5.65. The maximum absolute atomic E-state index is 2.62. The minimum absolute atomic E-state index is 0.000871. The molecule has 2 aliphatic heterocycles. The highest BCUT2D eigenvalue weighted by atomic mass is 15.2. The van der Waals surface area contributed by atoms with E-state index in [4.69, 9.17) is 0 Å². The lowest BCUT2D eigenvalue weighted by Crippen LogP contribution is -2.61. The zero-order valence-electron chi connectivity index (χ0n) is 40.1. The second-order valence-electron chi connectivity index (χ2n) is 20.0. The van der Waals surface area contributed by atoms with Crippen LogP contribution in [0.2, 0.25) is 0 Å². The molecule has 2 aliphatic carbocycles. The Hall–Kier alpha value is -8.34. The Kier molecular flexibility index (Phi) is 8.77. The van der Waals surface area contributed by atoms with Crippen LogP contribution < -0.4 is 31.1 Å². The SMILES string of the molecule is Cc1cccc(N2c3cc(C)ccc3B3c4cc5c(cc4N(c4ccc(C)cc4C)c4cc(C)cc2c43)C2(c3ccccc3-c3cc(N(c4ccccc4)c4ccccc4)ccc32)c2ccccc2-5)c1. The number of para-hydroxylation sites is 2. The standard InChI is InChI=1S/C66H50BN3/c1-41-17-16-22-48(34-41)69-61-35-43(3)27-31-58(61)67-59-39-53-51-24-13-15-26-55(51)66(57(53)40-62(59)70(60-32-28-42(2)33-45(60)5)64-37-44(4)36-63(69)65(64)67)54-25-14-12-23-50(54)52-38-49(29-30-56(52)66)68(46-18-8-6-9-19-46)47-20-10-7-11-21-47/h6-40H,1-5H3. The van der Waals surface area contributed by atoms with E-state index in [0.29, 0.717) is 0 Å². The Bertz CT molecular complexity index is 3780. The molecule has 0 saturated heterocycles. The van der Waals surface area contributed by atoms with E-state index in [9.17, 15) is 0 Å². The molecule has 1 unspecified atom stereocenters. The van der Waals surface area contributed by atoms with Gasteiger partial charge in [0.05, 0.1) is 5.41 Å². The maximum Gasteiger partial charge on any atom is 0.252 e. The fourth-order valence-electron chi connectivity index (χ4n) is 13.0. The summed E-state index contributed by atoms with van der Waals surface area (Å²) in [5, 5.41) is 0. The van der Waals surface area contributed by atoms with Crippen LogP contribution in [-0.4, -0.2) is 6.71 Å². The van der Waals surface area contributed by atoms with Gasteiger partial charge in [0, 0.05) is 51.2 Å². The van der Waals surface area contributed by atoms with E-state index < -0.39 is 5.41 Å². The van der Waals surface area contributed by atoms with Crippen molar-refractivity contribution in [1.29, 1.82) is 0 Å². The summed E-state index contributed by atoms with van der Waals surface area (Å²) in [5.41, 5.74) is 31.0. The molecule has 0 radical (unpaired) electrons. The molecule has 2 heterocycles. The quantitative estimate of drug-likeness (QED) is 0.159. The molecule has 4 aliphatic rings. The zero-order valence-corrected chi connectivity index (χ0v) is 40.1. The molecule has 0 amide bonds. The second kappa shape index (κ2) is 15.1. The monoisotopic (exact) mass is 895 g/mol. The molecule has 1 atom stereocenters. The van der Waals surface area contributed by atoms with E-state index in [0.717, 1.165) is 17.1 Å². The fourth-order valence-corrected chi connectivity index (χ4v) is 13.0. The number of rotatable bonds is 5. The van der Waals surface area contributed by atoms with E-state index in [1.807, 2.05) is 0 Å². The molecule has 4 heteroatoms. The van der Waals surface area contributed by atoms with E-state index in [2.05, 4.69) is 262 Å². The van der Waals surface area contributed by atoms with Crippen molar-refractivity contribution in [2.45, 2.75) is 40.0 Å². The molecule has 0 N–H and O–H groups in total. The third-order valence-corrected chi connectivity index (χ3v) is 15.7. The summed E-state index contributed by atoms with van der Waals surface area (Å²) in [4.78, 5) is 7.55. The summed E-state index contributed by atoms with van der Waals surface area (Å²) in [6.07, 6.45) is 0. The first-order chi connectivity index (χ1) is 34.3. The van der Waals surface area contributed by atoms with Gasteiger partial charge in [-0.15, -0.1) is 0 Å². The van der Waals surface area contributed by atoms with E-state index in [1.54, 1.807) is 0 Å². The van der Waals surface area contributed by atoms with Gasteiger partial charge in [0.25, 0.3) is 6.71 Å². The minimum Gasteiger partial charge on any atom is -0.311 e. The lowest BCUT2D eigenvalue weighted by atomic mass is 9.33. The molecule has 14 rings (SSSR count). The van der Waals surface area contributed by atoms with Gasteiger partial charge in [0.2, 0.25) is 0 Å². The van der Waals surface area contributed by atoms with Crippen molar-refractivity contribution in [3.63, 3.8) is 0 Å². The normalized spacial score (nSPS) is 15.2. The minimum atomic E-state index is -0.550. The van der Waals surface area contributed by atoms with Crippen LogP contribution in [0.15, 0.2) is 212 Å². The van der Waals surface area contributed by atoms with Crippen molar-refractivity contribution in [2.24, 2.45) is 0 Å². The van der Waals surface area contributed by atoms with Gasteiger partial charge in [0.1, 0.15) is 0 Å². The molecular weight excluding hydrogens is 846 g/mol. The summed E-state index contributed by atoms with van der Waals surface area (Å²) in [6.45, 7) is 11.2. The molecule has 70 heavy (non-hydrogen) atoms. The molecule has 3 nitrogen and oxygen atoms in total. The van der Waals surface area contributed by atoms with E-state index >= 15 is 0 Å². The van der Waals surface area contributed by atoms with Crippen LogP contribution in [0.1, 0.15) is 50.1 Å². The number of anilines is 9. The van der Waals surface area contributed by atoms with E-state index in [-0.39, 0.29) is 6.71 Å². The van der Waals surface area contributed by atoms with Gasteiger partial charge in [-0.1, -0.05) is 139 Å². The number of benzene rings is 10. The summed E-state index contributed by atoms with van der Waals surface area (Å²) < 4.78 is 0. The van der Waals surface area contributed by atoms with Crippen molar-refractivity contribution >= 4 is 74.3 Å². The van der Waals surface area contributed by atoms with Crippen molar-refractivity contribution in [3.05, 3.63) is 262 Å². The Morgan fingerprint density at radius 2 is 0.914 bits per heavy atom. The number of nitrogens with zero attached hydrogens (tertiary/aromatic N) is 3. The van der Waals surface area contributed by atoms with Crippen LogP contribution in [0, 0.1) is 34.6 Å². The topological polar surface area (TPSA) is 9.72 Å². The van der Waals surface area contributed by atoms with Crippen molar-refractivity contribution < 1.29 is 0 Å². The van der Waals surface area contributed by atoms with Gasteiger partial charge in [-0.2, -0.15) is 0 Å². The molecule has 0 bridgehead atoms. The van der Waals surface area contributed by atoms with Crippen molar-refractivity contribution in [1.82, 2.24) is 0 Å². The fraction of sp³-hybridized carbons (Fsp3) is 0.0909. The van der Waals surface area contributed by atoms with Crippen LogP contribution in [0.5, 0.6) is 0 Å². The molecule has 1 spiro atoms. The average molecular weight is 896 g/mol. The van der Waals surface area contributed by atoms with Gasteiger partial charge in [-0.3, -0.25) is 0 Å². The predicted octanol–water partition coefficient (Wildman–Crippen LogP) is 15.1. The Morgan fingerprint density at radius 1 is 0.343 bits per heavy atom. The zero-order chi connectivity index (χ0) is 47.0. The Morgan fingerprint density at radius 3 is 1.60 bits per heavy atom. The highest BCUT2D eigenvalue weighted by Gasteiger charge is 2.54. The van der Waals surface area contributed by atoms with Gasteiger partial charge in [0.15, 0.2) is 0 Å². The van der Waals surface area contributed by atoms with Crippen LogP contribution in [0.4, 0.5) is 51.2 Å². The summed E-state index contributed by atoms with van der Waals surface area (Å²) in [5.74, 6) is 0. The van der Waals surface area contributed by atoms with Crippen LogP contribution in [-0.2, 0) is 5.41 Å². The highest BCUT2D eigenvalue weighted by Crippen LogP contribution is 2.64. The maximum atomic E-state index is 2.62. The average Bonchev–Trinajstić information content (AvgIpc) is 3.83. The molecule has 10 aromatic carbocycles. The summed E-state index contributed by atoms with van der Waals surface area (Å²) in [6, 6.07) is 80.5. The van der Waals surface area contributed by atoms with Gasteiger partial charge in [-0.25, -0.2) is 0 Å². The first-order valence-corrected chi connectivity index (χ1v) is 24.7. The highest BCUT2D eigenvalue weighted by molar-refractivity contribution is 7.00. The van der Waals surface area contributed by atoms with Gasteiger partial charge >= 0.3 is 0 Å². The molecule has 0 saturated carbocycles. The number of fused-ring (bicyclic) bond motifs is 14. The molecule has 332 valence electrons. The molecular formula is C66H50BN3. The first kappa shape index (κ1) is 40.7. The van der Waals surface area contributed by atoms with Crippen LogP contribution in [0.3, 0.4) is 0 Å². The lowest BCUT2D eigenvalue weighted by Gasteiger charge is -2.45. The second-order valence-corrected chi connectivity index (χ2v) is 20.0. The van der Waals surface area contributed by atoms with Crippen molar-refractivity contribution in [3.8, 4) is 22.3 Å².